The average Bonchev–Trinajstić information content (AvgIpc) is 2.28. The highest BCUT2D eigenvalue weighted by Gasteiger charge is 2.07. The van der Waals surface area contributed by atoms with E-state index in [1.54, 1.807) is 24.3 Å². The second-order valence-electron chi connectivity index (χ2n) is 3.30. The van der Waals surface area contributed by atoms with Crippen LogP contribution >= 0.6 is 11.6 Å². The van der Waals surface area contributed by atoms with Gasteiger partial charge in [-0.05, 0) is 29.8 Å². The zero-order valence-corrected chi connectivity index (χ0v) is 9.08. The first-order chi connectivity index (χ1) is 7.70. The Hall–Kier alpha value is -1.45. The fourth-order valence-corrected chi connectivity index (χ4v) is 1.68. The van der Waals surface area contributed by atoms with E-state index in [-0.39, 0.29) is 12.4 Å². The lowest BCUT2D eigenvalue weighted by atomic mass is 10.0. The predicted molar refractivity (Wildman–Crippen MR) is 60.6 cm³/mol. The second kappa shape index (κ2) is 4.60. The molecule has 1 aromatic carbocycles. The van der Waals surface area contributed by atoms with Crippen molar-refractivity contribution < 1.29 is 9.50 Å². The van der Waals surface area contributed by atoms with Gasteiger partial charge in [0.15, 0.2) is 0 Å². The average molecular weight is 238 g/mol. The van der Waals surface area contributed by atoms with Crippen molar-refractivity contribution in [3.63, 3.8) is 0 Å². The minimum Gasteiger partial charge on any atom is -0.390 e. The Balaban J connectivity index is 2.55. The molecule has 2 rings (SSSR count). The molecular formula is C12H9ClFNO. The fourth-order valence-electron chi connectivity index (χ4n) is 1.51. The lowest BCUT2D eigenvalue weighted by molar-refractivity contribution is 0.277. The molecule has 2 aromatic rings. The topological polar surface area (TPSA) is 33.1 Å². The molecule has 82 valence electrons. The highest BCUT2D eigenvalue weighted by molar-refractivity contribution is 6.29. The van der Waals surface area contributed by atoms with Gasteiger partial charge in [-0.25, -0.2) is 9.37 Å². The van der Waals surface area contributed by atoms with Crippen LogP contribution in [0.4, 0.5) is 4.39 Å². The molecule has 0 atom stereocenters. The smallest absolute Gasteiger partial charge is 0.129 e. The van der Waals surface area contributed by atoms with Gasteiger partial charge in [-0.2, -0.15) is 0 Å². The third-order valence-corrected chi connectivity index (χ3v) is 2.44. The molecule has 1 N–H and O–H groups in total. The number of halogens is 2. The molecule has 0 aliphatic rings. The molecule has 2 nitrogen and oxygen atoms in total. The Bertz CT molecular complexity index is 516. The molecule has 4 heteroatoms. The molecule has 0 aliphatic carbocycles. The van der Waals surface area contributed by atoms with Gasteiger partial charge in [0.05, 0.1) is 12.3 Å². The number of nitrogens with zero attached hydrogens (tertiary/aromatic N) is 1. The van der Waals surface area contributed by atoms with Crippen molar-refractivity contribution in [2.24, 2.45) is 0 Å². The molecule has 1 aromatic heterocycles. The standard InChI is InChI=1S/C12H9ClFNO/c13-12-5-4-10(11(7-16)15-12)8-2-1-3-9(14)6-8/h1-6,16H,7H2. The molecule has 0 saturated carbocycles. The Morgan fingerprint density at radius 3 is 2.75 bits per heavy atom. The first-order valence-electron chi connectivity index (χ1n) is 4.73. The summed E-state index contributed by atoms with van der Waals surface area (Å²) in [4.78, 5) is 3.99. The summed E-state index contributed by atoms with van der Waals surface area (Å²) in [6.07, 6.45) is 0. The van der Waals surface area contributed by atoms with Crippen LogP contribution in [0.15, 0.2) is 36.4 Å². The van der Waals surface area contributed by atoms with Gasteiger partial charge in [0, 0.05) is 5.56 Å². The van der Waals surface area contributed by atoms with Gasteiger partial charge in [0.1, 0.15) is 11.0 Å². The highest BCUT2D eigenvalue weighted by atomic mass is 35.5. The van der Waals surface area contributed by atoms with E-state index in [4.69, 9.17) is 16.7 Å². The fraction of sp³-hybridized carbons (Fsp3) is 0.0833. The van der Waals surface area contributed by atoms with Gasteiger partial charge in [0.25, 0.3) is 0 Å². The summed E-state index contributed by atoms with van der Waals surface area (Å²) in [5, 5.41) is 9.47. The monoisotopic (exact) mass is 237 g/mol. The van der Waals surface area contributed by atoms with Crippen LogP contribution in [0.5, 0.6) is 0 Å². The number of aliphatic hydroxyl groups is 1. The molecule has 0 bridgehead atoms. The first kappa shape index (κ1) is 11.0. The summed E-state index contributed by atoms with van der Waals surface area (Å²) >= 11 is 5.72. The summed E-state index contributed by atoms with van der Waals surface area (Å²) in [5.41, 5.74) is 1.80. The molecule has 0 unspecified atom stereocenters. The number of pyridine rings is 1. The van der Waals surface area contributed by atoms with Crippen molar-refractivity contribution in [2.75, 3.05) is 0 Å². The van der Waals surface area contributed by atoms with Gasteiger partial charge in [-0.15, -0.1) is 0 Å². The SMILES string of the molecule is OCc1nc(Cl)ccc1-c1cccc(F)c1. The van der Waals surface area contributed by atoms with Crippen LogP contribution in [0, 0.1) is 5.82 Å². The number of aliphatic hydroxyl groups excluding tert-OH is 1. The van der Waals surface area contributed by atoms with E-state index in [1.807, 2.05) is 0 Å². The molecular weight excluding hydrogens is 229 g/mol. The Morgan fingerprint density at radius 2 is 2.06 bits per heavy atom. The molecule has 16 heavy (non-hydrogen) atoms. The van der Waals surface area contributed by atoms with E-state index < -0.39 is 0 Å². The number of hydrogen-bond donors (Lipinski definition) is 1. The zero-order chi connectivity index (χ0) is 11.5. The van der Waals surface area contributed by atoms with Crippen molar-refractivity contribution in [2.45, 2.75) is 6.61 Å². The van der Waals surface area contributed by atoms with E-state index in [0.29, 0.717) is 22.0 Å². The van der Waals surface area contributed by atoms with Gasteiger partial charge in [-0.1, -0.05) is 23.7 Å². The lowest BCUT2D eigenvalue weighted by Crippen LogP contribution is -1.94. The minimum atomic E-state index is -0.323. The summed E-state index contributed by atoms with van der Waals surface area (Å²) in [6, 6.07) is 9.46. The van der Waals surface area contributed by atoms with Crippen LogP contribution < -0.4 is 0 Å². The van der Waals surface area contributed by atoms with E-state index in [9.17, 15) is 4.39 Å². The van der Waals surface area contributed by atoms with Gasteiger partial charge in [0.2, 0.25) is 0 Å². The molecule has 0 amide bonds. The van der Waals surface area contributed by atoms with Crippen molar-refractivity contribution in [1.82, 2.24) is 4.98 Å². The third kappa shape index (κ3) is 2.21. The van der Waals surface area contributed by atoms with E-state index in [0.717, 1.165) is 0 Å². The van der Waals surface area contributed by atoms with Crippen molar-refractivity contribution in [3.8, 4) is 11.1 Å². The predicted octanol–water partition coefficient (Wildman–Crippen LogP) is 3.03. The number of hydrogen-bond acceptors (Lipinski definition) is 2. The largest absolute Gasteiger partial charge is 0.390 e. The maximum atomic E-state index is 13.1. The van der Waals surface area contributed by atoms with Crippen LogP contribution in [0.1, 0.15) is 5.69 Å². The van der Waals surface area contributed by atoms with Crippen LogP contribution in [-0.2, 0) is 6.61 Å². The van der Waals surface area contributed by atoms with E-state index >= 15 is 0 Å². The van der Waals surface area contributed by atoms with Crippen LogP contribution in [0.2, 0.25) is 5.15 Å². The van der Waals surface area contributed by atoms with Crippen LogP contribution in [0.3, 0.4) is 0 Å². The molecule has 0 spiro atoms. The third-order valence-electron chi connectivity index (χ3n) is 2.23. The van der Waals surface area contributed by atoms with Crippen molar-refractivity contribution >= 4 is 11.6 Å². The van der Waals surface area contributed by atoms with Gasteiger partial charge < -0.3 is 5.11 Å². The maximum Gasteiger partial charge on any atom is 0.129 e. The first-order valence-corrected chi connectivity index (χ1v) is 5.10. The summed E-state index contributed by atoms with van der Waals surface area (Å²) in [5.74, 6) is -0.323. The summed E-state index contributed by atoms with van der Waals surface area (Å²) < 4.78 is 13.1. The summed E-state index contributed by atoms with van der Waals surface area (Å²) in [7, 11) is 0. The maximum absolute atomic E-state index is 13.1. The second-order valence-corrected chi connectivity index (χ2v) is 3.68. The molecule has 0 fully saturated rings. The van der Waals surface area contributed by atoms with Gasteiger partial charge in [-0.3, -0.25) is 0 Å². The zero-order valence-electron chi connectivity index (χ0n) is 8.32. The minimum absolute atomic E-state index is 0.230. The lowest BCUT2D eigenvalue weighted by Gasteiger charge is -2.07. The number of aromatic nitrogens is 1. The highest BCUT2D eigenvalue weighted by Crippen LogP contribution is 2.24. The Kier molecular flexibility index (Phi) is 3.17. The quantitative estimate of drug-likeness (QED) is 0.815. The molecule has 0 saturated heterocycles. The molecule has 1 heterocycles. The number of benzene rings is 1. The Morgan fingerprint density at radius 1 is 1.25 bits per heavy atom. The van der Waals surface area contributed by atoms with Crippen LogP contribution in [-0.4, -0.2) is 10.1 Å². The summed E-state index contributed by atoms with van der Waals surface area (Å²) in [6.45, 7) is -0.230. The Labute approximate surface area is 97.3 Å². The van der Waals surface area contributed by atoms with E-state index in [2.05, 4.69) is 4.98 Å². The van der Waals surface area contributed by atoms with Gasteiger partial charge >= 0.3 is 0 Å². The van der Waals surface area contributed by atoms with Crippen molar-refractivity contribution in [1.29, 1.82) is 0 Å². The van der Waals surface area contributed by atoms with E-state index in [1.165, 1.54) is 12.1 Å². The van der Waals surface area contributed by atoms with Crippen LogP contribution in [0.25, 0.3) is 11.1 Å². The number of rotatable bonds is 2. The molecule has 0 radical (unpaired) electrons. The molecule has 0 aliphatic heterocycles. The van der Waals surface area contributed by atoms with Crippen molar-refractivity contribution in [3.05, 3.63) is 53.1 Å². The normalized spacial score (nSPS) is 10.4.